The molecule has 6 nitrogen and oxygen atoms in total. The van der Waals surface area contributed by atoms with E-state index in [-0.39, 0.29) is 47.1 Å². The van der Waals surface area contributed by atoms with Gasteiger partial charge in [0.1, 0.15) is 0 Å². The highest BCUT2D eigenvalue weighted by atomic mass is 19.4. The van der Waals surface area contributed by atoms with Crippen molar-refractivity contribution in [3.8, 4) is 12.1 Å². The second-order valence-electron chi connectivity index (χ2n) is 11.1. The third kappa shape index (κ3) is 5.94. The maximum atomic E-state index is 13.1. The smallest absolute Gasteiger partial charge is 0.309 e. The van der Waals surface area contributed by atoms with Crippen molar-refractivity contribution in [2.24, 2.45) is 11.8 Å². The van der Waals surface area contributed by atoms with Crippen molar-refractivity contribution >= 4 is 23.2 Å². The maximum Gasteiger partial charge on any atom is 0.417 e. The number of amides is 2. The summed E-state index contributed by atoms with van der Waals surface area (Å²) in [6, 6.07) is 9.75. The Morgan fingerprint density at radius 3 is 1.80 bits per heavy atom. The first-order valence-corrected chi connectivity index (χ1v) is 14.0. The van der Waals surface area contributed by atoms with Crippen molar-refractivity contribution in [1.82, 2.24) is 0 Å². The predicted molar refractivity (Wildman–Crippen MR) is 148 cm³/mol. The van der Waals surface area contributed by atoms with E-state index < -0.39 is 34.6 Å². The van der Waals surface area contributed by atoms with E-state index in [1.165, 1.54) is 21.9 Å². The molecule has 228 valence electrons. The molecule has 2 heterocycles. The number of hydrogen-bond acceptors (Lipinski definition) is 4. The van der Waals surface area contributed by atoms with Gasteiger partial charge < -0.3 is 9.80 Å². The van der Waals surface area contributed by atoms with Gasteiger partial charge in [0.15, 0.2) is 0 Å². The molecule has 0 spiro atoms. The number of halogens is 6. The van der Waals surface area contributed by atoms with Gasteiger partial charge in [0.2, 0.25) is 11.8 Å². The van der Waals surface area contributed by atoms with E-state index in [4.69, 9.17) is 10.5 Å². The van der Waals surface area contributed by atoms with Gasteiger partial charge in [-0.3, -0.25) is 9.59 Å². The fourth-order valence-electron chi connectivity index (χ4n) is 6.46. The number of nitrogens with zero attached hydrogens (tertiary/aromatic N) is 4. The molecule has 0 unspecified atom stereocenters. The van der Waals surface area contributed by atoms with Gasteiger partial charge in [-0.05, 0) is 73.9 Å². The number of carbonyl (C=O) groups excluding carboxylic acids is 2. The van der Waals surface area contributed by atoms with Gasteiger partial charge in [-0.25, -0.2) is 0 Å². The third-order valence-electron chi connectivity index (χ3n) is 8.50. The van der Waals surface area contributed by atoms with Crippen LogP contribution in [0.4, 0.5) is 37.7 Å². The van der Waals surface area contributed by atoms with Gasteiger partial charge in [0, 0.05) is 30.3 Å². The van der Waals surface area contributed by atoms with Crippen LogP contribution >= 0.6 is 0 Å². The Hall–Kier alpha value is -4.58. The molecule has 12 heteroatoms. The first-order chi connectivity index (χ1) is 20.8. The lowest BCUT2D eigenvalue weighted by atomic mass is 9.89. The Morgan fingerprint density at radius 2 is 1.23 bits per heavy atom. The zero-order valence-electron chi connectivity index (χ0n) is 23.2. The van der Waals surface area contributed by atoms with Crippen molar-refractivity contribution < 1.29 is 35.9 Å². The van der Waals surface area contributed by atoms with E-state index in [0.29, 0.717) is 19.3 Å². The molecule has 0 bridgehead atoms. The van der Waals surface area contributed by atoms with Crippen LogP contribution in [0.25, 0.3) is 0 Å². The van der Waals surface area contributed by atoms with Crippen LogP contribution in [0.2, 0.25) is 0 Å². The molecule has 44 heavy (non-hydrogen) atoms. The fourth-order valence-corrected chi connectivity index (χ4v) is 6.46. The summed E-state index contributed by atoms with van der Waals surface area (Å²) in [6.45, 7) is 0. The van der Waals surface area contributed by atoms with Crippen LogP contribution in [0.3, 0.4) is 0 Å². The fraction of sp³-hybridized carbons (Fsp3) is 0.375. The van der Waals surface area contributed by atoms with Crippen LogP contribution in [0, 0.1) is 34.5 Å². The standard InChI is InChI=1S/2C16H13F3N2O/c2*17-16(18,19)13-8-12(6-5-11(13)9-20)21-14-4-2-1-3-10(14)7-15(21)22/h2,4-6,8,10,14H,1,3,7H2;1-2,5-6,8,10,14H,3-4,7H2/t2*10-,14+/m11/s1. The van der Waals surface area contributed by atoms with Crippen LogP contribution < -0.4 is 9.80 Å². The number of anilines is 2. The molecule has 6 rings (SSSR count). The van der Waals surface area contributed by atoms with E-state index in [0.717, 1.165) is 43.5 Å². The molecule has 4 atom stereocenters. The summed E-state index contributed by atoms with van der Waals surface area (Å²) >= 11 is 0. The lowest BCUT2D eigenvalue weighted by Gasteiger charge is -2.29. The van der Waals surface area contributed by atoms with Crippen LogP contribution in [0.15, 0.2) is 60.7 Å². The highest BCUT2D eigenvalue weighted by molar-refractivity contribution is 5.98. The minimum atomic E-state index is -4.62. The van der Waals surface area contributed by atoms with Crippen molar-refractivity contribution in [2.75, 3.05) is 9.80 Å². The Balaban J connectivity index is 0.000000175. The Morgan fingerprint density at radius 1 is 0.705 bits per heavy atom. The Bertz CT molecular complexity index is 1610. The molecule has 0 radical (unpaired) electrons. The van der Waals surface area contributed by atoms with Gasteiger partial charge in [0.05, 0.1) is 40.4 Å². The van der Waals surface area contributed by atoms with Gasteiger partial charge >= 0.3 is 12.4 Å². The quantitative estimate of drug-likeness (QED) is 0.263. The number of carbonyl (C=O) groups is 2. The number of benzene rings is 2. The highest BCUT2D eigenvalue weighted by Gasteiger charge is 2.43. The van der Waals surface area contributed by atoms with E-state index in [1.54, 1.807) is 12.1 Å². The number of hydrogen-bond donors (Lipinski definition) is 0. The van der Waals surface area contributed by atoms with Crippen molar-refractivity contribution in [3.63, 3.8) is 0 Å². The number of nitriles is 2. The lowest BCUT2D eigenvalue weighted by Crippen LogP contribution is -2.36. The molecule has 2 aromatic carbocycles. The summed E-state index contributed by atoms with van der Waals surface area (Å²) in [5.74, 6) is -0.0131. The van der Waals surface area contributed by atoms with Crippen molar-refractivity contribution in [3.05, 3.63) is 83.0 Å². The zero-order chi connectivity index (χ0) is 31.8. The summed E-state index contributed by atoms with van der Waals surface area (Å²) in [5.41, 5.74) is -2.42. The first-order valence-electron chi connectivity index (χ1n) is 14.0. The zero-order valence-corrected chi connectivity index (χ0v) is 23.2. The molecule has 2 aliphatic heterocycles. The highest BCUT2D eigenvalue weighted by Crippen LogP contribution is 2.42. The lowest BCUT2D eigenvalue weighted by molar-refractivity contribution is -0.138. The van der Waals surface area contributed by atoms with Crippen LogP contribution in [-0.2, 0) is 21.9 Å². The molecule has 0 N–H and O–H groups in total. The molecule has 2 aromatic rings. The second kappa shape index (κ2) is 11.8. The number of allylic oxidation sites excluding steroid dienone is 2. The predicted octanol–water partition coefficient (Wildman–Crippen LogP) is 7.30. The molecule has 2 aliphatic carbocycles. The Labute approximate surface area is 249 Å². The molecule has 2 saturated heterocycles. The molecule has 0 saturated carbocycles. The van der Waals surface area contributed by atoms with Crippen LogP contribution in [0.1, 0.15) is 60.8 Å². The molecule has 2 fully saturated rings. The van der Waals surface area contributed by atoms with Gasteiger partial charge in [0.25, 0.3) is 0 Å². The monoisotopic (exact) mass is 612 g/mol. The minimum absolute atomic E-state index is 0.0912. The number of rotatable bonds is 2. The summed E-state index contributed by atoms with van der Waals surface area (Å²) < 4.78 is 78.4. The summed E-state index contributed by atoms with van der Waals surface area (Å²) in [5, 5.41) is 17.7. The number of fused-ring (bicyclic) bond motifs is 2. The summed E-state index contributed by atoms with van der Waals surface area (Å²) in [4.78, 5) is 27.3. The number of alkyl halides is 6. The average molecular weight is 613 g/mol. The molecule has 2 amide bonds. The second-order valence-corrected chi connectivity index (χ2v) is 11.1. The van der Waals surface area contributed by atoms with E-state index in [2.05, 4.69) is 0 Å². The van der Waals surface area contributed by atoms with Crippen LogP contribution in [-0.4, -0.2) is 23.9 Å². The molecule has 4 aliphatic rings. The van der Waals surface area contributed by atoms with Gasteiger partial charge in [-0.1, -0.05) is 24.3 Å². The topological polar surface area (TPSA) is 88.2 Å². The average Bonchev–Trinajstić information content (AvgIpc) is 3.50. The minimum Gasteiger partial charge on any atom is -0.309 e. The molecular weight excluding hydrogens is 586 g/mol. The van der Waals surface area contributed by atoms with Crippen molar-refractivity contribution in [2.45, 2.75) is 63.0 Å². The van der Waals surface area contributed by atoms with E-state index in [1.807, 2.05) is 24.3 Å². The van der Waals surface area contributed by atoms with Gasteiger partial charge in [-0.15, -0.1) is 0 Å². The summed E-state index contributed by atoms with van der Waals surface area (Å²) in [6.07, 6.45) is 2.49. The Kier molecular flexibility index (Phi) is 8.30. The largest absolute Gasteiger partial charge is 0.417 e. The maximum absolute atomic E-state index is 13.1. The third-order valence-corrected chi connectivity index (χ3v) is 8.50. The van der Waals surface area contributed by atoms with Crippen molar-refractivity contribution in [1.29, 1.82) is 10.5 Å². The van der Waals surface area contributed by atoms with E-state index >= 15 is 0 Å². The first kappa shape index (κ1) is 30.9. The van der Waals surface area contributed by atoms with Crippen LogP contribution in [0.5, 0.6) is 0 Å². The SMILES string of the molecule is N#Cc1ccc(N2C(=O)C[C@H]3CC=CC[C@@H]32)cc1C(F)(F)F.N#Cc1ccc(N2C(=O)C[C@H]3CCC=C[C@@H]32)cc1C(F)(F)F. The van der Waals surface area contributed by atoms with E-state index in [9.17, 15) is 35.9 Å². The normalized spacial score (nSPS) is 24.3. The summed E-state index contributed by atoms with van der Waals surface area (Å²) in [7, 11) is 0. The van der Waals surface area contributed by atoms with Gasteiger partial charge in [-0.2, -0.15) is 36.9 Å². The molecule has 0 aromatic heterocycles. The molecular formula is C32H26F6N4O2.